The van der Waals surface area contributed by atoms with Crippen molar-refractivity contribution in [1.82, 2.24) is 0 Å². The first kappa shape index (κ1) is 11.5. The Morgan fingerprint density at radius 2 is 2.21 bits per heavy atom. The van der Waals surface area contributed by atoms with E-state index in [1.165, 1.54) is 0 Å². The summed E-state index contributed by atoms with van der Waals surface area (Å²) in [5.41, 5.74) is 0. The van der Waals surface area contributed by atoms with Crippen LogP contribution in [0.25, 0.3) is 0 Å². The Kier molecular flexibility index (Phi) is 4.94. The van der Waals surface area contributed by atoms with Gasteiger partial charge in [0.15, 0.2) is 0 Å². The van der Waals surface area contributed by atoms with Gasteiger partial charge in [0.1, 0.15) is 0 Å². The fraction of sp³-hybridized carbons (Fsp3) is 0.818. The third kappa shape index (κ3) is 3.29. The van der Waals surface area contributed by atoms with Crippen molar-refractivity contribution >= 4 is 5.97 Å². The number of hydrogen-bond donors (Lipinski definition) is 2. The largest absolute Gasteiger partial charge is 0.481 e. The third-order valence-electron chi connectivity index (χ3n) is 3.02. The average Bonchev–Trinajstić information content (AvgIpc) is 2.19. The number of rotatable bonds is 5. The summed E-state index contributed by atoms with van der Waals surface area (Å²) >= 11 is 0. The molecule has 3 heteroatoms. The van der Waals surface area contributed by atoms with Gasteiger partial charge in [-0.05, 0) is 44.4 Å². The Balaban J connectivity index is 2.34. The Labute approximate surface area is 85.1 Å². The maximum atomic E-state index is 10.9. The van der Waals surface area contributed by atoms with Crippen LogP contribution >= 0.6 is 0 Å². The molecule has 2 unspecified atom stereocenters. The topological polar surface area (TPSA) is 57.5 Å². The number of aliphatic hydroxyl groups excluding tert-OH is 1. The highest BCUT2D eigenvalue weighted by Crippen LogP contribution is 2.33. The average molecular weight is 199 g/mol. The van der Waals surface area contributed by atoms with Crippen LogP contribution in [0.5, 0.6) is 0 Å². The summed E-state index contributed by atoms with van der Waals surface area (Å²) in [7, 11) is 0. The second-order valence-electron chi connectivity index (χ2n) is 4.03. The molecule has 1 rings (SSSR count). The van der Waals surface area contributed by atoms with Gasteiger partial charge in [-0.25, -0.2) is 0 Å². The number of carboxylic acid groups (broad SMARTS) is 1. The van der Waals surface area contributed by atoms with Crippen molar-refractivity contribution in [3.05, 3.63) is 6.42 Å². The first-order chi connectivity index (χ1) is 6.75. The van der Waals surface area contributed by atoms with E-state index in [4.69, 9.17) is 10.2 Å². The van der Waals surface area contributed by atoms with Crippen molar-refractivity contribution in [2.45, 2.75) is 38.5 Å². The molecule has 0 amide bonds. The number of carbonyl (C=O) groups is 1. The molecule has 1 aliphatic carbocycles. The van der Waals surface area contributed by atoms with E-state index >= 15 is 0 Å². The lowest BCUT2D eigenvalue weighted by Gasteiger charge is -2.28. The molecule has 0 aromatic heterocycles. The molecule has 14 heavy (non-hydrogen) atoms. The van der Waals surface area contributed by atoms with Gasteiger partial charge >= 0.3 is 5.97 Å². The molecule has 0 saturated heterocycles. The van der Waals surface area contributed by atoms with Crippen LogP contribution in [0.2, 0.25) is 0 Å². The summed E-state index contributed by atoms with van der Waals surface area (Å²) in [4.78, 5) is 10.9. The number of aliphatic carboxylic acids is 1. The first-order valence-electron chi connectivity index (χ1n) is 5.41. The third-order valence-corrected chi connectivity index (χ3v) is 3.02. The van der Waals surface area contributed by atoms with Crippen LogP contribution in [0.1, 0.15) is 38.5 Å². The normalized spacial score (nSPS) is 27.5. The summed E-state index contributed by atoms with van der Waals surface area (Å²) in [6.07, 6.45) is 7.54. The van der Waals surface area contributed by atoms with Gasteiger partial charge in [-0.2, -0.15) is 0 Å². The second-order valence-corrected chi connectivity index (χ2v) is 4.03. The lowest BCUT2D eigenvalue weighted by Crippen LogP contribution is -2.27. The van der Waals surface area contributed by atoms with Crippen LogP contribution in [-0.4, -0.2) is 22.8 Å². The molecule has 0 bridgehead atoms. The van der Waals surface area contributed by atoms with Gasteiger partial charge in [0.2, 0.25) is 0 Å². The predicted molar refractivity (Wildman–Crippen MR) is 53.7 cm³/mol. The molecule has 1 radical (unpaired) electrons. The first-order valence-corrected chi connectivity index (χ1v) is 5.41. The monoisotopic (exact) mass is 199 g/mol. The van der Waals surface area contributed by atoms with E-state index in [1.54, 1.807) is 0 Å². The lowest BCUT2D eigenvalue weighted by molar-refractivity contribution is -0.144. The quantitative estimate of drug-likeness (QED) is 0.664. The molecule has 1 fully saturated rings. The minimum Gasteiger partial charge on any atom is -0.481 e. The molecular formula is C11H19O3. The molecule has 0 aliphatic heterocycles. The lowest BCUT2D eigenvalue weighted by atomic mass is 9.77. The number of aliphatic hydroxyl groups is 1. The van der Waals surface area contributed by atoms with E-state index in [0.29, 0.717) is 5.92 Å². The molecule has 2 N–H and O–H groups in total. The van der Waals surface area contributed by atoms with Crippen LogP contribution in [0.15, 0.2) is 0 Å². The molecular weight excluding hydrogens is 180 g/mol. The number of unbranched alkanes of at least 4 members (excludes halogenated alkanes) is 1. The maximum absolute atomic E-state index is 10.9. The Bertz CT molecular complexity index is 179. The molecule has 0 heterocycles. The summed E-state index contributed by atoms with van der Waals surface area (Å²) in [5, 5.41) is 17.6. The zero-order valence-corrected chi connectivity index (χ0v) is 8.48. The summed E-state index contributed by atoms with van der Waals surface area (Å²) in [6.45, 7) is 0.216. The zero-order valence-electron chi connectivity index (χ0n) is 8.48. The Hall–Kier alpha value is -0.570. The number of hydrogen-bond acceptors (Lipinski definition) is 2. The molecule has 0 aromatic carbocycles. The van der Waals surface area contributed by atoms with E-state index in [1.807, 2.05) is 0 Å². The molecule has 2 atom stereocenters. The van der Waals surface area contributed by atoms with Crippen LogP contribution in [0.3, 0.4) is 0 Å². The summed E-state index contributed by atoms with van der Waals surface area (Å²) in [5.74, 6) is -0.501. The number of carboxylic acids is 1. The fourth-order valence-electron chi connectivity index (χ4n) is 2.19. The van der Waals surface area contributed by atoms with Gasteiger partial charge < -0.3 is 10.2 Å². The van der Waals surface area contributed by atoms with E-state index in [0.717, 1.165) is 38.5 Å². The smallest absolute Gasteiger partial charge is 0.306 e. The van der Waals surface area contributed by atoms with Crippen molar-refractivity contribution in [1.29, 1.82) is 0 Å². The van der Waals surface area contributed by atoms with Gasteiger partial charge in [0, 0.05) is 6.61 Å². The molecule has 1 saturated carbocycles. The van der Waals surface area contributed by atoms with Crippen LogP contribution in [-0.2, 0) is 4.79 Å². The van der Waals surface area contributed by atoms with Crippen LogP contribution < -0.4 is 0 Å². The van der Waals surface area contributed by atoms with Gasteiger partial charge in [-0.1, -0.05) is 6.42 Å². The van der Waals surface area contributed by atoms with Gasteiger partial charge in [-0.15, -0.1) is 0 Å². The summed E-state index contributed by atoms with van der Waals surface area (Å²) in [6, 6.07) is 0. The highest BCUT2D eigenvalue weighted by atomic mass is 16.4. The SMILES string of the molecule is O=C(O)C1CC[CH]CC1CCCCO. The molecule has 3 nitrogen and oxygen atoms in total. The highest BCUT2D eigenvalue weighted by Gasteiger charge is 2.29. The standard InChI is InChI=1S/C11H19O3/c12-8-4-3-6-9-5-1-2-7-10(9)11(13)14/h1,9-10,12H,2-8H2,(H,13,14). The molecule has 1 aliphatic rings. The Morgan fingerprint density at radius 1 is 1.43 bits per heavy atom. The fourth-order valence-corrected chi connectivity index (χ4v) is 2.19. The Morgan fingerprint density at radius 3 is 2.86 bits per heavy atom. The van der Waals surface area contributed by atoms with E-state index in [2.05, 4.69) is 6.42 Å². The van der Waals surface area contributed by atoms with Crippen molar-refractivity contribution < 1.29 is 15.0 Å². The van der Waals surface area contributed by atoms with Crippen molar-refractivity contribution in [3.8, 4) is 0 Å². The van der Waals surface area contributed by atoms with Crippen molar-refractivity contribution in [2.75, 3.05) is 6.61 Å². The van der Waals surface area contributed by atoms with Crippen molar-refractivity contribution in [2.24, 2.45) is 11.8 Å². The summed E-state index contributed by atoms with van der Waals surface area (Å²) < 4.78 is 0. The van der Waals surface area contributed by atoms with Crippen LogP contribution in [0.4, 0.5) is 0 Å². The van der Waals surface area contributed by atoms with E-state index < -0.39 is 5.97 Å². The van der Waals surface area contributed by atoms with Gasteiger partial charge in [-0.3, -0.25) is 4.79 Å². The van der Waals surface area contributed by atoms with E-state index in [-0.39, 0.29) is 12.5 Å². The van der Waals surface area contributed by atoms with Gasteiger partial charge in [0.05, 0.1) is 5.92 Å². The van der Waals surface area contributed by atoms with E-state index in [9.17, 15) is 4.79 Å². The highest BCUT2D eigenvalue weighted by molar-refractivity contribution is 5.70. The molecule has 0 aromatic rings. The maximum Gasteiger partial charge on any atom is 0.306 e. The second kappa shape index (κ2) is 6.02. The van der Waals surface area contributed by atoms with Crippen molar-refractivity contribution in [3.63, 3.8) is 0 Å². The molecule has 0 spiro atoms. The predicted octanol–water partition coefficient (Wildman–Crippen LogP) is 1.85. The minimum absolute atomic E-state index is 0.154. The van der Waals surface area contributed by atoms with Crippen LogP contribution in [0, 0.1) is 18.3 Å². The van der Waals surface area contributed by atoms with Gasteiger partial charge in [0.25, 0.3) is 0 Å². The minimum atomic E-state index is -0.646. The molecule has 81 valence electrons. The zero-order chi connectivity index (χ0) is 10.4.